The van der Waals surface area contributed by atoms with Gasteiger partial charge in [0, 0.05) is 0 Å². The van der Waals surface area contributed by atoms with Gasteiger partial charge in [-0.1, -0.05) is 26.0 Å². The first-order valence-electron chi connectivity index (χ1n) is 5.41. The standard InChI is InChI=1S/C13H17NO.CH2O/c1-4-14-9-12-5-7-13(8-6-12)15-10-11(2)3;1-2/h5-8,11H,1,9-10H2,2-3H3;1H2. The first kappa shape index (κ1) is 15.1. The number of ether oxygens (including phenoxy) is 1. The minimum absolute atomic E-state index is 0.551. The second-order valence-corrected chi connectivity index (χ2v) is 3.82. The topological polar surface area (TPSA) is 38.7 Å². The van der Waals surface area contributed by atoms with Gasteiger partial charge in [0.2, 0.25) is 0 Å². The molecule has 0 radical (unpaired) electrons. The number of carbonyl (C=O) groups is 1. The predicted molar refractivity (Wildman–Crippen MR) is 70.7 cm³/mol. The average molecular weight is 233 g/mol. The van der Waals surface area contributed by atoms with Crippen molar-refractivity contribution in [1.82, 2.24) is 0 Å². The SMILES string of the molecule is C=C=NCc1ccc(OCC(C)C)cc1.C=O. The molecule has 17 heavy (non-hydrogen) atoms. The Kier molecular flexibility index (Phi) is 8.35. The molecule has 0 N–H and O–H groups in total. The third kappa shape index (κ3) is 7.09. The van der Waals surface area contributed by atoms with Crippen LogP contribution in [0.2, 0.25) is 0 Å². The van der Waals surface area contributed by atoms with Gasteiger partial charge in [-0.05, 0) is 36.1 Å². The van der Waals surface area contributed by atoms with Crippen LogP contribution in [0.3, 0.4) is 0 Å². The summed E-state index contributed by atoms with van der Waals surface area (Å²) in [7, 11) is 0. The van der Waals surface area contributed by atoms with E-state index in [2.05, 4.69) is 31.3 Å². The smallest absolute Gasteiger partial charge is 0.119 e. The molecule has 0 amide bonds. The lowest BCUT2D eigenvalue weighted by Gasteiger charge is -2.08. The van der Waals surface area contributed by atoms with Gasteiger partial charge in [0.15, 0.2) is 0 Å². The molecule has 0 spiro atoms. The van der Waals surface area contributed by atoms with Crippen LogP contribution in [0.1, 0.15) is 19.4 Å². The summed E-state index contributed by atoms with van der Waals surface area (Å²) in [6, 6.07) is 7.96. The van der Waals surface area contributed by atoms with Crippen molar-refractivity contribution in [1.29, 1.82) is 0 Å². The van der Waals surface area contributed by atoms with Gasteiger partial charge in [-0.2, -0.15) is 0 Å². The molecular formula is C14H19NO2. The lowest BCUT2D eigenvalue weighted by Crippen LogP contribution is -2.04. The van der Waals surface area contributed by atoms with E-state index in [0.29, 0.717) is 12.5 Å². The Morgan fingerprint density at radius 3 is 2.35 bits per heavy atom. The molecule has 0 bridgehead atoms. The number of hydrogen-bond donors (Lipinski definition) is 0. The van der Waals surface area contributed by atoms with Crippen molar-refractivity contribution in [3.63, 3.8) is 0 Å². The highest BCUT2D eigenvalue weighted by molar-refractivity contribution is 5.46. The summed E-state index contributed by atoms with van der Waals surface area (Å²) in [6.45, 7) is 11.1. The number of nitrogens with zero attached hydrogens (tertiary/aromatic N) is 1. The van der Waals surface area contributed by atoms with Crippen LogP contribution in [0.25, 0.3) is 0 Å². The Morgan fingerprint density at radius 2 is 1.88 bits per heavy atom. The second kappa shape index (κ2) is 9.37. The zero-order chi connectivity index (χ0) is 13.1. The Morgan fingerprint density at radius 1 is 1.29 bits per heavy atom. The maximum atomic E-state index is 8.00. The third-order valence-electron chi connectivity index (χ3n) is 1.88. The molecule has 3 nitrogen and oxygen atoms in total. The Hall–Kier alpha value is -1.86. The van der Waals surface area contributed by atoms with Gasteiger partial charge in [0.1, 0.15) is 12.5 Å². The highest BCUT2D eigenvalue weighted by Crippen LogP contribution is 2.13. The molecule has 0 saturated heterocycles. The van der Waals surface area contributed by atoms with E-state index in [1.807, 2.05) is 31.1 Å². The van der Waals surface area contributed by atoms with E-state index in [4.69, 9.17) is 9.53 Å². The second-order valence-electron chi connectivity index (χ2n) is 3.82. The Labute approximate surface area is 103 Å². The van der Waals surface area contributed by atoms with Crippen LogP contribution < -0.4 is 4.74 Å². The summed E-state index contributed by atoms with van der Waals surface area (Å²) in [4.78, 5) is 11.9. The molecule has 0 aliphatic carbocycles. The fourth-order valence-corrected chi connectivity index (χ4v) is 1.10. The van der Waals surface area contributed by atoms with Crippen molar-refractivity contribution in [2.24, 2.45) is 10.9 Å². The van der Waals surface area contributed by atoms with Crippen molar-refractivity contribution in [3.05, 3.63) is 36.4 Å². The molecule has 0 aliphatic heterocycles. The van der Waals surface area contributed by atoms with Crippen molar-refractivity contribution >= 4 is 12.7 Å². The summed E-state index contributed by atoms with van der Waals surface area (Å²) < 4.78 is 5.57. The van der Waals surface area contributed by atoms with Gasteiger partial charge in [0.25, 0.3) is 0 Å². The largest absolute Gasteiger partial charge is 0.493 e. The van der Waals surface area contributed by atoms with E-state index in [0.717, 1.165) is 17.9 Å². The van der Waals surface area contributed by atoms with Crippen molar-refractivity contribution in [2.45, 2.75) is 20.4 Å². The number of aliphatic imine (C=N–C) groups is 1. The van der Waals surface area contributed by atoms with E-state index in [9.17, 15) is 0 Å². The van der Waals surface area contributed by atoms with E-state index >= 15 is 0 Å². The molecule has 92 valence electrons. The fraction of sp³-hybridized carbons (Fsp3) is 0.357. The van der Waals surface area contributed by atoms with Gasteiger partial charge in [-0.25, -0.2) is 4.99 Å². The van der Waals surface area contributed by atoms with Crippen LogP contribution in [-0.4, -0.2) is 19.3 Å². The third-order valence-corrected chi connectivity index (χ3v) is 1.88. The van der Waals surface area contributed by atoms with Gasteiger partial charge >= 0.3 is 0 Å². The Balaban J connectivity index is 0.00000121. The average Bonchev–Trinajstić information content (AvgIpc) is 2.37. The van der Waals surface area contributed by atoms with Crippen LogP contribution in [0.4, 0.5) is 0 Å². The molecule has 1 rings (SSSR count). The highest BCUT2D eigenvalue weighted by Gasteiger charge is 1.97. The molecule has 0 heterocycles. The fourth-order valence-electron chi connectivity index (χ4n) is 1.10. The number of carbonyl (C=O) groups excluding carboxylic acids is 1. The zero-order valence-electron chi connectivity index (χ0n) is 10.5. The maximum Gasteiger partial charge on any atom is 0.119 e. The molecule has 1 aromatic carbocycles. The van der Waals surface area contributed by atoms with E-state index in [1.165, 1.54) is 0 Å². The lowest BCUT2D eigenvalue weighted by atomic mass is 10.2. The monoisotopic (exact) mass is 233 g/mol. The molecular weight excluding hydrogens is 214 g/mol. The van der Waals surface area contributed by atoms with Crippen molar-refractivity contribution < 1.29 is 9.53 Å². The minimum Gasteiger partial charge on any atom is -0.493 e. The van der Waals surface area contributed by atoms with Crippen molar-refractivity contribution in [2.75, 3.05) is 6.61 Å². The molecule has 0 unspecified atom stereocenters. The number of rotatable bonds is 5. The van der Waals surface area contributed by atoms with Crippen LogP contribution in [0.5, 0.6) is 5.75 Å². The van der Waals surface area contributed by atoms with Crippen LogP contribution >= 0.6 is 0 Å². The zero-order valence-corrected chi connectivity index (χ0v) is 10.5. The summed E-state index contributed by atoms with van der Waals surface area (Å²) in [5.74, 6) is 3.98. The van der Waals surface area contributed by atoms with Gasteiger partial charge in [-0.3, -0.25) is 0 Å². The normalized spacial score (nSPS) is 8.88. The van der Waals surface area contributed by atoms with Gasteiger partial charge < -0.3 is 9.53 Å². The summed E-state index contributed by atoms with van der Waals surface area (Å²) >= 11 is 0. The molecule has 0 atom stereocenters. The van der Waals surface area contributed by atoms with Gasteiger partial charge in [-0.15, -0.1) is 0 Å². The molecule has 0 saturated carbocycles. The quantitative estimate of drug-likeness (QED) is 0.733. The van der Waals surface area contributed by atoms with Crippen LogP contribution in [0, 0.1) is 5.92 Å². The molecule has 0 aliphatic rings. The summed E-state index contributed by atoms with van der Waals surface area (Å²) in [5, 5.41) is 0. The first-order valence-corrected chi connectivity index (χ1v) is 5.41. The maximum absolute atomic E-state index is 8.00. The van der Waals surface area contributed by atoms with Crippen LogP contribution in [0.15, 0.2) is 35.8 Å². The van der Waals surface area contributed by atoms with Crippen LogP contribution in [-0.2, 0) is 11.3 Å². The van der Waals surface area contributed by atoms with Crippen molar-refractivity contribution in [3.8, 4) is 5.75 Å². The highest BCUT2D eigenvalue weighted by atomic mass is 16.5. The summed E-state index contributed by atoms with van der Waals surface area (Å²) in [5.41, 5.74) is 1.14. The van der Waals surface area contributed by atoms with Gasteiger partial charge in [0.05, 0.1) is 13.2 Å². The van der Waals surface area contributed by atoms with E-state index < -0.39 is 0 Å². The minimum atomic E-state index is 0.551. The van der Waals surface area contributed by atoms with E-state index in [-0.39, 0.29) is 0 Å². The van der Waals surface area contributed by atoms with E-state index in [1.54, 1.807) is 0 Å². The molecule has 1 aromatic rings. The Bertz CT molecular complexity index is 351. The molecule has 0 aromatic heterocycles. The molecule has 3 heteroatoms. The molecule has 0 fully saturated rings. The predicted octanol–water partition coefficient (Wildman–Crippen LogP) is 2.89. The number of hydrogen-bond acceptors (Lipinski definition) is 3. The first-order chi connectivity index (χ1) is 8.22. The summed E-state index contributed by atoms with van der Waals surface area (Å²) in [6.07, 6.45) is 0. The number of benzene rings is 1. The lowest BCUT2D eigenvalue weighted by molar-refractivity contribution is -0.0979.